The largest absolute Gasteiger partial charge is 0.486 e. The molecular weight excluding hydrogens is 302 g/mol. The Labute approximate surface area is 131 Å². The maximum Gasteiger partial charge on any atom is 0.273 e. The van der Waals surface area contributed by atoms with Crippen molar-refractivity contribution < 1.29 is 23.9 Å². The quantitative estimate of drug-likeness (QED) is 0.479. The van der Waals surface area contributed by atoms with Crippen molar-refractivity contribution in [2.24, 2.45) is 0 Å². The summed E-state index contributed by atoms with van der Waals surface area (Å²) in [5.41, 5.74) is 0.342. The number of nitrogens with zero attached hydrogens (tertiary/aromatic N) is 1. The lowest BCUT2D eigenvalue weighted by atomic mass is 10.1. The van der Waals surface area contributed by atoms with Crippen LogP contribution in [-0.4, -0.2) is 30.5 Å². The third-order valence-electron chi connectivity index (χ3n) is 3.26. The van der Waals surface area contributed by atoms with Crippen molar-refractivity contribution in [3.8, 4) is 17.2 Å². The van der Waals surface area contributed by atoms with Gasteiger partial charge in [0, 0.05) is 11.6 Å². The third kappa shape index (κ3) is 3.39. The van der Waals surface area contributed by atoms with Crippen LogP contribution in [0.25, 0.3) is 0 Å². The SMILES string of the molecule is O=C(COc1cccc([N+](=O)[O-])c1)c1ccc2c(c1)OCCO2. The molecule has 7 nitrogen and oxygen atoms in total. The van der Waals surface area contributed by atoms with Crippen molar-refractivity contribution in [3.05, 3.63) is 58.1 Å². The first-order valence-corrected chi connectivity index (χ1v) is 6.93. The van der Waals surface area contributed by atoms with E-state index >= 15 is 0 Å². The molecule has 1 aliphatic rings. The summed E-state index contributed by atoms with van der Waals surface area (Å²) in [7, 11) is 0. The first-order valence-electron chi connectivity index (χ1n) is 6.93. The molecule has 0 saturated heterocycles. The minimum atomic E-state index is -0.518. The summed E-state index contributed by atoms with van der Waals surface area (Å²) in [6.07, 6.45) is 0. The van der Waals surface area contributed by atoms with E-state index in [4.69, 9.17) is 14.2 Å². The molecule has 0 atom stereocenters. The van der Waals surface area contributed by atoms with Crippen LogP contribution in [0.2, 0.25) is 0 Å². The lowest BCUT2D eigenvalue weighted by molar-refractivity contribution is -0.384. The van der Waals surface area contributed by atoms with Crippen LogP contribution in [0.5, 0.6) is 17.2 Å². The van der Waals surface area contributed by atoms with Gasteiger partial charge in [0.15, 0.2) is 23.9 Å². The first-order chi connectivity index (χ1) is 11.1. The van der Waals surface area contributed by atoms with Gasteiger partial charge < -0.3 is 14.2 Å². The molecule has 0 saturated carbocycles. The second kappa shape index (κ2) is 6.35. The van der Waals surface area contributed by atoms with Crippen molar-refractivity contribution in [2.75, 3.05) is 19.8 Å². The Morgan fingerprint density at radius 1 is 1.13 bits per heavy atom. The van der Waals surface area contributed by atoms with E-state index in [1.54, 1.807) is 24.3 Å². The van der Waals surface area contributed by atoms with Gasteiger partial charge in [0.25, 0.3) is 5.69 Å². The molecule has 118 valence electrons. The second-order valence-electron chi connectivity index (χ2n) is 4.82. The van der Waals surface area contributed by atoms with Crippen LogP contribution in [0, 0.1) is 10.1 Å². The van der Waals surface area contributed by atoms with Crippen molar-refractivity contribution in [1.29, 1.82) is 0 Å². The van der Waals surface area contributed by atoms with E-state index in [-0.39, 0.29) is 23.8 Å². The maximum absolute atomic E-state index is 12.2. The molecule has 7 heteroatoms. The predicted molar refractivity (Wildman–Crippen MR) is 80.4 cm³/mol. The standard InChI is InChI=1S/C16H13NO6/c18-14(10-23-13-3-1-2-12(9-13)17(19)20)11-4-5-15-16(8-11)22-7-6-21-15/h1-5,8-9H,6-7,10H2. The van der Waals surface area contributed by atoms with Gasteiger partial charge in [-0.25, -0.2) is 0 Å². The van der Waals surface area contributed by atoms with Gasteiger partial charge >= 0.3 is 0 Å². The molecule has 1 aliphatic heterocycles. The molecule has 23 heavy (non-hydrogen) atoms. The van der Waals surface area contributed by atoms with Crippen molar-refractivity contribution >= 4 is 11.5 Å². The fourth-order valence-electron chi connectivity index (χ4n) is 2.14. The lowest BCUT2D eigenvalue weighted by Gasteiger charge is -2.18. The summed E-state index contributed by atoms with van der Waals surface area (Å²) in [6, 6.07) is 10.6. The van der Waals surface area contributed by atoms with Gasteiger partial charge in [-0.1, -0.05) is 6.07 Å². The average molecular weight is 315 g/mol. The fourth-order valence-corrected chi connectivity index (χ4v) is 2.14. The number of carbonyl (C=O) groups excluding carboxylic acids is 1. The van der Waals surface area contributed by atoms with E-state index in [9.17, 15) is 14.9 Å². The van der Waals surface area contributed by atoms with E-state index in [0.717, 1.165) is 0 Å². The number of Topliss-reactive ketones (excluding diaryl/α,β-unsaturated/α-hetero) is 1. The van der Waals surface area contributed by atoms with E-state index in [0.29, 0.717) is 30.3 Å². The number of rotatable bonds is 5. The monoisotopic (exact) mass is 315 g/mol. The Morgan fingerprint density at radius 2 is 1.91 bits per heavy atom. The maximum atomic E-state index is 12.2. The molecule has 3 rings (SSSR count). The minimum absolute atomic E-state index is 0.0886. The summed E-state index contributed by atoms with van der Waals surface area (Å²) >= 11 is 0. The molecule has 1 heterocycles. The van der Waals surface area contributed by atoms with E-state index in [2.05, 4.69) is 0 Å². The molecule has 2 aromatic rings. The number of non-ortho nitro benzene ring substituents is 1. The number of nitro benzene ring substituents is 1. The lowest BCUT2D eigenvalue weighted by Crippen LogP contribution is -2.17. The average Bonchev–Trinajstić information content (AvgIpc) is 2.59. The molecule has 0 aromatic heterocycles. The summed E-state index contributed by atoms with van der Waals surface area (Å²) in [5.74, 6) is 1.14. The zero-order valence-electron chi connectivity index (χ0n) is 12.1. The molecule has 0 amide bonds. The molecule has 0 radical (unpaired) electrons. The van der Waals surface area contributed by atoms with Crippen LogP contribution in [-0.2, 0) is 0 Å². The molecule has 0 N–H and O–H groups in total. The van der Waals surface area contributed by atoms with Crippen LogP contribution < -0.4 is 14.2 Å². The molecule has 0 spiro atoms. The highest BCUT2D eigenvalue weighted by molar-refractivity contribution is 5.97. The number of fused-ring (bicyclic) bond motifs is 1. The van der Waals surface area contributed by atoms with Crippen LogP contribution in [0.4, 0.5) is 5.69 Å². The van der Waals surface area contributed by atoms with Crippen molar-refractivity contribution in [1.82, 2.24) is 0 Å². The number of ketones is 1. The summed E-state index contributed by atoms with van der Waals surface area (Å²) in [5, 5.41) is 10.7. The highest BCUT2D eigenvalue weighted by Gasteiger charge is 2.15. The zero-order valence-corrected chi connectivity index (χ0v) is 12.1. The molecule has 2 aromatic carbocycles. The van der Waals surface area contributed by atoms with Crippen LogP contribution in [0.3, 0.4) is 0 Å². The van der Waals surface area contributed by atoms with Gasteiger partial charge in [-0.15, -0.1) is 0 Å². The molecule has 0 aliphatic carbocycles. The topological polar surface area (TPSA) is 87.9 Å². The van der Waals surface area contributed by atoms with Gasteiger partial charge in [0.2, 0.25) is 0 Å². The molecular formula is C16H13NO6. The normalized spacial score (nSPS) is 12.5. The Bertz CT molecular complexity index is 758. The van der Waals surface area contributed by atoms with Crippen LogP contribution in [0.1, 0.15) is 10.4 Å². The Balaban J connectivity index is 1.67. The van der Waals surface area contributed by atoms with Gasteiger partial charge in [-0.2, -0.15) is 0 Å². The van der Waals surface area contributed by atoms with Gasteiger partial charge in [-0.3, -0.25) is 14.9 Å². The number of hydrogen-bond donors (Lipinski definition) is 0. The third-order valence-corrected chi connectivity index (χ3v) is 3.26. The van der Waals surface area contributed by atoms with E-state index in [1.807, 2.05) is 0 Å². The zero-order chi connectivity index (χ0) is 16.2. The second-order valence-corrected chi connectivity index (χ2v) is 4.82. The molecule has 0 fully saturated rings. The smallest absolute Gasteiger partial charge is 0.273 e. The molecule has 0 bridgehead atoms. The van der Waals surface area contributed by atoms with E-state index in [1.165, 1.54) is 18.2 Å². The minimum Gasteiger partial charge on any atom is -0.486 e. The van der Waals surface area contributed by atoms with Crippen molar-refractivity contribution in [3.63, 3.8) is 0 Å². The Kier molecular flexibility index (Phi) is 4.09. The predicted octanol–water partition coefficient (Wildman–Crippen LogP) is 2.63. The Hall–Kier alpha value is -3.09. The number of nitro groups is 1. The van der Waals surface area contributed by atoms with Crippen LogP contribution >= 0.6 is 0 Å². The molecule has 0 unspecified atom stereocenters. The highest BCUT2D eigenvalue weighted by atomic mass is 16.6. The first kappa shape index (κ1) is 14.8. The fraction of sp³-hybridized carbons (Fsp3) is 0.188. The van der Waals surface area contributed by atoms with E-state index < -0.39 is 4.92 Å². The van der Waals surface area contributed by atoms with Gasteiger partial charge in [-0.05, 0) is 24.3 Å². The van der Waals surface area contributed by atoms with Gasteiger partial charge in [0.05, 0.1) is 11.0 Å². The van der Waals surface area contributed by atoms with Crippen molar-refractivity contribution in [2.45, 2.75) is 0 Å². The van der Waals surface area contributed by atoms with Crippen LogP contribution in [0.15, 0.2) is 42.5 Å². The Morgan fingerprint density at radius 3 is 2.70 bits per heavy atom. The summed E-state index contributed by atoms with van der Waals surface area (Å²) < 4.78 is 16.1. The number of hydrogen-bond acceptors (Lipinski definition) is 6. The summed E-state index contributed by atoms with van der Waals surface area (Å²) in [6.45, 7) is 0.700. The number of ether oxygens (including phenoxy) is 3. The number of benzene rings is 2. The van der Waals surface area contributed by atoms with Gasteiger partial charge in [0.1, 0.15) is 19.0 Å². The highest BCUT2D eigenvalue weighted by Crippen LogP contribution is 2.31. The summed E-state index contributed by atoms with van der Waals surface area (Å²) in [4.78, 5) is 22.4. The number of carbonyl (C=O) groups is 1.